The maximum Gasteiger partial charge on any atom is 0.329 e. The average molecular weight is 320 g/mol. The minimum absolute atomic E-state index is 0.0526. The minimum atomic E-state index is -0.628. The van der Waals surface area contributed by atoms with Gasteiger partial charge in [-0.1, -0.05) is 21.5 Å². The molecule has 0 aromatic heterocycles. The van der Waals surface area contributed by atoms with Gasteiger partial charge in [-0.05, 0) is 12.1 Å². The number of carbonyl (C=O) groups excluding carboxylic acids is 1. The van der Waals surface area contributed by atoms with Gasteiger partial charge in [0.15, 0.2) is 5.75 Å². The number of hydrogen-bond acceptors (Lipinski definition) is 7. The second-order valence-corrected chi connectivity index (χ2v) is 3.98. The lowest BCUT2D eigenvalue weighted by atomic mass is 10.3. The van der Waals surface area contributed by atoms with E-state index in [2.05, 4.69) is 20.8 Å². The molecule has 1 aromatic carbocycles. The summed E-state index contributed by atoms with van der Waals surface area (Å²) in [4.78, 5) is 25.4. The van der Waals surface area contributed by atoms with Crippen LogP contribution in [0.1, 0.15) is 6.42 Å². The molecule has 0 heterocycles. The molecule has 18 heavy (non-hydrogen) atoms. The Balaban J connectivity index is 2.62. The van der Waals surface area contributed by atoms with Crippen molar-refractivity contribution in [2.45, 2.75) is 6.42 Å². The molecule has 98 valence electrons. The number of nitrogens with two attached hydrogens (primary N) is 1. The maximum atomic E-state index is 10.9. The van der Waals surface area contributed by atoms with Gasteiger partial charge < -0.3 is 9.57 Å². The molecule has 0 aliphatic carbocycles. The molecule has 0 saturated carbocycles. The smallest absolute Gasteiger partial charge is 0.329 e. The van der Waals surface area contributed by atoms with E-state index in [0.717, 1.165) is 0 Å². The van der Waals surface area contributed by atoms with Crippen molar-refractivity contribution < 1.29 is 19.3 Å². The van der Waals surface area contributed by atoms with Gasteiger partial charge in [0.2, 0.25) is 0 Å². The number of halogens is 1. The molecule has 8 nitrogen and oxygen atoms in total. The second-order valence-electron chi connectivity index (χ2n) is 3.06. The van der Waals surface area contributed by atoms with Crippen LogP contribution in [0, 0.1) is 10.1 Å². The van der Waals surface area contributed by atoms with E-state index in [1.165, 1.54) is 12.1 Å². The number of carbonyl (C=O) groups is 1. The van der Waals surface area contributed by atoms with Crippen molar-refractivity contribution in [2.75, 3.05) is 6.61 Å². The van der Waals surface area contributed by atoms with Crippen LogP contribution >= 0.6 is 15.9 Å². The molecule has 0 amide bonds. The fourth-order valence-corrected chi connectivity index (χ4v) is 1.47. The highest BCUT2D eigenvalue weighted by molar-refractivity contribution is 9.10. The number of ether oxygens (including phenoxy) is 1. The van der Waals surface area contributed by atoms with E-state index in [0.29, 0.717) is 4.47 Å². The number of nitro groups is 1. The fraction of sp³-hybridized carbons (Fsp3) is 0.222. The van der Waals surface area contributed by atoms with Crippen LogP contribution in [-0.2, 0) is 9.63 Å². The molecule has 0 atom stereocenters. The Hall–Kier alpha value is -1.71. The molecule has 1 rings (SSSR count). The van der Waals surface area contributed by atoms with Crippen molar-refractivity contribution in [2.24, 2.45) is 5.84 Å². The number of hydrogen-bond donors (Lipinski definition) is 2. The summed E-state index contributed by atoms with van der Waals surface area (Å²) < 4.78 is 5.70. The van der Waals surface area contributed by atoms with Gasteiger partial charge in [-0.15, -0.1) is 0 Å². The zero-order valence-corrected chi connectivity index (χ0v) is 10.7. The van der Waals surface area contributed by atoms with E-state index >= 15 is 0 Å². The van der Waals surface area contributed by atoms with Crippen LogP contribution in [0.5, 0.6) is 5.75 Å². The Labute approximate surface area is 110 Å². The van der Waals surface area contributed by atoms with E-state index in [1.54, 1.807) is 11.7 Å². The highest BCUT2D eigenvalue weighted by Gasteiger charge is 2.15. The largest absolute Gasteiger partial charge is 0.486 e. The fourth-order valence-electron chi connectivity index (χ4n) is 1.12. The van der Waals surface area contributed by atoms with Crippen molar-refractivity contribution in [1.29, 1.82) is 0 Å². The van der Waals surface area contributed by atoms with Crippen LogP contribution in [0.3, 0.4) is 0 Å². The first kappa shape index (κ1) is 14.4. The summed E-state index contributed by atoms with van der Waals surface area (Å²) in [5, 5.41) is 10.8. The summed E-state index contributed by atoms with van der Waals surface area (Å²) in [6, 6.07) is 4.35. The summed E-state index contributed by atoms with van der Waals surface area (Å²) in [5.41, 5.74) is 1.55. The normalized spacial score (nSPS) is 9.89. The van der Waals surface area contributed by atoms with E-state index in [-0.39, 0.29) is 24.5 Å². The SMILES string of the molecule is NNOC(=O)CCOc1ccc(Br)cc1[N+](=O)[O-]. The molecular weight excluding hydrogens is 310 g/mol. The number of nitro benzene ring substituents is 1. The summed E-state index contributed by atoms with van der Waals surface area (Å²) in [7, 11) is 0. The van der Waals surface area contributed by atoms with Crippen LogP contribution in [0.15, 0.2) is 22.7 Å². The van der Waals surface area contributed by atoms with Gasteiger partial charge in [0, 0.05) is 10.5 Å². The highest BCUT2D eigenvalue weighted by atomic mass is 79.9. The minimum Gasteiger partial charge on any atom is -0.486 e. The Morgan fingerprint density at radius 1 is 1.56 bits per heavy atom. The van der Waals surface area contributed by atoms with E-state index in [1.807, 2.05) is 0 Å². The predicted octanol–water partition coefficient (Wildman–Crippen LogP) is 1.05. The van der Waals surface area contributed by atoms with Gasteiger partial charge >= 0.3 is 11.7 Å². The van der Waals surface area contributed by atoms with Crippen molar-refractivity contribution in [3.8, 4) is 5.75 Å². The molecule has 0 bridgehead atoms. The van der Waals surface area contributed by atoms with Crippen molar-refractivity contribution in [1.82, 2.24) is 5.59 Å². The van der Waals surface area contributed by atoms with Crippen molar-refractivity contribution >= 4 is 27.6 Å². The van der Waals surface area contributed by atoms with Gasteiger partial charge in [0.25, 0.3) is 0 Å². The van der Waals surface area contributed by atoms with E-state index in [9.17, 15) is 14.9 Å². The summed E-state index contributed by atoms with van der Waals surface area (Å²) in [6.07, 6.45) is -0.0859. The van der Waals surface area contributed by atoms with E-state index < -0.39 is 10.9 Å². The van der Waals surface area contributed by atoms with Crippen LogP contribution in [-0.4, -0.2) is 17.5 Å². The maximum absolute atomic E-state index is 10.9. The van der Waals surface area contributed by atoms with Gasteiger partial charge in [0.1, 0.15) is 0 Å². The lowest BCUT2D eigenvalue weighted by molar-refractivity contribution is -0.385. The first-order valence-corrected chi connectivity index (χ1v) is 5.56. The molecule has 1 aromatic rings. The first-order chi connectivity index (χ1) is 8.54. The molecule has 0 aliphatic rings. The second kappa shape index (κ2) is 6.89. The van der Waals surface area contributed by atoms with Crippen LogP contribution < -0.4 is 16.2 Å². The van der Waals surface area contributed by atoms with E-state index in [4.69, 9.17) is 10.6 Å². The Morgan fingerprint density at radius 3 is 2.89 bits per heavy atom. The molecular formula is C9H10BrN3O5. The van der Waals surface area contributed by atoms with Crippen molar-refractivity contribution in [3.63, 3.8) is 0 Å². The summed E-state index contributed by atoms with van der Waals surface area (Å²) in [5.74, 6) is 4.22. The molecule has 0 unspecified atom stereocenters. The third-order valence-electron chi connectivity index (χ3n) is 1.85. The third-order valence-corrected chi connectivity index (χ3v) is 2.35. The van der Waals surface area contributed by atoms with Crippen LogP contribution in [0.4, 0.5) is 5.69 Å². The van der Waals surface area contributed by atoms with Crippen LogP contribution in [0.25, 0.3) is 0 Å². The van der Waals surface area contributed by atoms with Crippen LogP contribution in [0.2, 0.25) is 0 Å². The molecule has 9 heteroatoms. The zero-order chi connectivity index (χ0) is 13.5. The lowest BCUT2D eigenvalue weighted by Gasteiger charge is -2.06. The number of nitrogens with one attached hydrogen (secondary N) is 1. The average Bonchev–Trinajstić information content (AvgIpc) is 2.31. The molecule has 0 radical (unpaired) electrons. The molecule has 3 N–H and O–H groups in total. The highest BCUT2D eigenvalue weighted by Crippen LogP contribution is 2.30. The van der Waals surface area contributed by atoms with Gasteiger partial charge in [0.05, 0.1) is 18.0 Å². The summed E-state index contributed by atoms with van der Waals surface area (Å²) in [6.45, 7) is -0.0526. The lowest BCUT2D eigenvalue weighted by Crippen LogP contribution is -2.27. The quantitative estimate of drug-likeness (QED) is 0.457. The molecule has 0 spiro atoms. The Bertz CT molecular complexity index is 454. The first-order valence-electron chi connectivity index (χ1n) is 4.76. The molecule has 0 saturated heterocycles. The van der Waals surface area contributed by atoms with Crippen molar-refractivity contribution in [3.05, 3.63) is 32.8 Å². The zero-order valence-electron chi connectivity index (χ0n) is 9.09. The summed E-state index contributed by atoms with van der Waals surface area (Å²) >= 11 is 3.12. The molecule has 0 fully saturated rings. The molecule has 0 aliphatic heterocycles. The number of rotatable bonds is 6. The monoisotopic (exact) mass is 319 g/mol. The van der Waals surface area contributed by atoms with Gasteiger partial charge in [-0.3, -0.25) is 14.9 Å². The predicted molar refractivity (Wildman–Crippen MR) is 64.3 cm³/mol. The van der Waals surface area contributed by atoms with Gasteiger partial charge in [-0.25, -0.2) is 5.84 Å². The number of hydrazine groups is 1. The Morgan fingerprint density at radius 2 is 2.28 bits per heavy atom. The van der Waals surface area contributed by atoms with Gasteiger partial charge in [-0.2, -0.15) is 0 Å². The topological polar surface area (TPSA) is 117 Å². The number of benzene rings is 1. The number of nitrogens with zero attached hydrogens (tertiary/aromatic N) is 1. The standard InChI is InChI=1S/C9H10BrN3O5/c10-6-1-2-8(7(5-6)13(15)16)17-4-3-9(14)18-12-11/h1-2,5,12H,3-4,11H2. The third kappa shape index (κ3) is 4.28. The Kier molecular flexibility index (Phi) is 5.49.